The summed E-state index contributed by atoms with van der Waals surface area (Å²) in [5, 5.41) is 0. The van der Waals surface area contributed by atoms with E-state index in [1.807, 2.05) is 0 Å². The predicted octanol–water partition coefficient (Wildman–Crippen LogP) is 4.86. The Labute approximate surface area is 155 Å². The Kier molecular flexibility index (Phi) is 6.51. The second-order valence-corrected chi connectivity index (χ2v) is 8.46. The minimum Gasteiger partial charge on any atom is -0.294 e. The van der Waals surface area contributed by atoms with Gasteiger partial charge in [0.1, 0.15) is 0 Å². The molecule has 0 saturated heterocycles. The molecule has 0 amide bonds. The van der Waals surface area contributed by atoms with Crippen molar-refractivity contribution >= 4 is 0 Å². The molecule has 0 aromatic heterocycles. The van der Waals surface area contributed by atoms with Gasteiger partial charge in [0.05, 0.1) is 0 Å². The van der Waals surface area contributed by atoms with Crippen molar-refractivity contribution in [3.05, 3.63) is 0 Å². The highest BCUT2D eigenvalue weighted by molar-refractivity contribution is 5.02. The maximum absolute atomic E-state index is 5.67. The average Bonchev–Trinajstić information content (AvgIpc) is 2.70. The molecule has 3 saturated carbocycles. The van der Waals surface area contributed by atoms with Gasteiger partial charge in [0.2, 0.25) is 0 Å². The van der Waals surface area contributed by atoms with Crippen molar-refractivity contribution in [1.29, 1.82) is 0 Å². The molecule has 3 aliphatic carbocycles. The second kappa shape index (κ2) is 8.84. The van der Waals surface area contributed by atoms with Gasteiger partial charge in [0.25, 0.3) is 0 Å². The van der Waals surface area contributed by atoms with Gasteiger partial charge in [-0.05, 0) is 77.0 Å². The Morgan fingerprint density at radius 3 is 0.880 bits per heavy atom. The van der Waals surface area contributed by atoms with Crippen LogP contribution in [0.2, 0.25) is 0 Å². The van der Waals surface area contributed by atoms with Gasteiger partial charge in [-0.15, -0.1) is 37.0 Å². The molecule has 3 aliphatic rings. The van der Waals surface area contributed by atoms with E-state index in [1.54, 1.807) is 0 Å². The van der Waals surface area contributed by atoms with Crippen LogP contribution in [0.1, 0.15) is 77.0 Å². The van der Waals surface area contributed by atoms with E-state index in [1.165, 1.54) is 77.0 Å². The lowest BCUT2D eigenvalue weighted by molar-refractivity contribution is 0.0123. The van der Waals surface area contributed by atoms with Gasteiger partial charge in [-0.25, -0.2) is 0 Å². The van der Waals surface area contributed by atoms with Crippen LogP contribution in [0.5, 0.6) is 0 Å². The van der Waals surface area contributed by atoms with Crippen molar-refractivity contribution in [3.8, 4) is 37.0 Å². The summed E-state index contributed by atoms with van der Waals surface area (Å²) in [4.78, 5) is 2.94. The Bertz CT molecular complexity index is 451. The lowest BCUT2D eigenvalue weighted by Gasteiger charge is -2.48. The summed E-state index contributed by atoms with van der Waals surface area (Å²) in [6.45, 7) is 0. The summed E-state index contributed by atoms with van der Waals surface area (Å²) >= 11 is 0. The standard InChI is InChI=1S/C24H33N/c1-4-19-7-13-22(14-8-19)25(23-15-9-20(5-2)10-16-23)24-17-11-21(6-3)12-18-24/h1-3,19-24H,7-18H2. The van der Waals surface area contributed by atoms with E-state index in [9.17, 15) is 0 Å². The fourth-order valence-corrected chi connectivity index (χ4v) is 5.52. The topological polar surface area (TPSA) is 3.24 Å². The molecule has 25 heavy (non-hydrogen) atoms. The van der Waals surface area contributed by atoms with Gasteiger partial charge in [0.15, 0.2) is 0 Å². The molecule has 0 N–H and O–H groups in total. The van der Waals surface area contributed by atoms with Gasteiger partial charge in [-0.2, -0.15) is 0 Å². The molecular weight excluding hydrogens is 302 g/mol. The van der Waals surface area contributed by atoms with Crippen molar-refractivity contribution in [3.63, 3.8) is 0 Å². The summed E-state index contributed by atoms with van der Waals surface area (Å²) in [5.41, 5.74) is 0. The summed E-state index contributed by atoms with van der Waals surface area (Å²) in [6.07, 6.45) is 31.9. The number of rotatable bonds is 3. The van der Waals surface area contributed by atoms with E-state index in [4.69, 9.17) is 19.3 Å². The van der Waals surface area contributed by atoms with Crippen LogP contribution in [-0.4, -0.2) is 23.0 Å². The first kappa shape index (κ1) is 18.4. The fraction of sp³-hybridized carbons (Fsp3) is 0.750. The number of nitrogens with zero attached hydrogens (tertiary/aromatic N) is 1. The van der Waals surface area contributed by atoms with E-state index in [2.05, 4.69) is 22.7 Å². The van der Waals surface area contributed by atoms with Gasteiger partial charge < -0.3 is 0 Å². The molecule has 1 nitrogen and oxygen atoms in total. The monoisotopic (exact) mass is 335 g/mol. The van der Waals surface area contributed by atoms with Crippen molar-refractivity contribution in [2.24, 2.45) is 17.8 Å². The fourth-order valence-electron chi connectivity index (χ4n) is 5.52. The molecule has 0 atom stereocenters. The minimum absolute atomic E-state index is 0.507. The van der Waals surface area contributed by atoms with Crippen molar-refractivity contribution < 1.29 is 0 Å². The zero-order valence-electron chi connectivity index (χ0n) is 15.6. The van der Waals surface area contributed by atoms with Gasteiger partial charge in [-0.1, -0.05) is 0 Å². The number of hydrogen-bond donors (Lipinski definition) is 0. The molecule has 0 radical (unpaired) electrons. The first-order valence-corrected chi connectivity index (χ1v) is 10.4. The van der Waals surface area contributed by atoms with Crippen LogP contribution in [0, 0.1) is 54.8 Å². The van der Waals surface area contributed by atoms with Gasteiger partial charge >= 0.3 is 0 Å². The highest BCUT2D eigenvalue weighted by Gasteiger charge is 2.37. The third-order valence-electron chi connectivity index (χ3n) is 7.06. The maximum Gasteiger partial charge on any atom is 0.0201 e. The maximum atomic E-state index is 5.67. The van der Waals surface area contributed by atoms with Crippen LogP contribution < -0.4 is 0 Å². The molecule has 0 unspecified atom stereocenters. The Morgan fingerprint density at radius 1 is 0.440 bits per heavy atom. The molecule has 0 spiro atoms. The molecule has 3 fully saturated rings. The van der Waals surface area contributed by atoms with Crippen molar-refractivity contribution in [2.45, 2.75) is 95.2 Å². The quantitative estimate of drug-likeness (QED) is 0.666. The Hall–Kier alpha value is -1.36. The Balaban J connectivity index is 1.68. The highest BCUT2D eigenvalue weighted by atomic mass is 15.2. The molecule has 0 bridgehead atoms. The first-order chi connectivity index (χ1) is 12.2. The molecule has 3 rings (SSSR count). The second-order valence-electron chi connectivity index (χ2n) is 8.46. The molecule has 0 aliphatic heterocycles. The van der Waals surface area contributed by atoms with Crippen LogP contribution in [-0.2, 0) is 0 Å². The minimum atomic E-state index is 0.507. The van der Waals surface area contributed by atoms with Crippen molar-refractivity contribution in [2.75, 3.05) is 0 Å². The molecule has 134 valence electrons. The largest absolute Gasteiger partial charge is 0.294 e. The normalized spacial score (nSPS) is 39.1. The predicted molar refractivity (Wildman–Crippen MR) is 106 cm³/mol. The summed E-state index contributed by atoms with van der Waals surface area (Å²) < 4.78 is 0. The van der Waals surface area contributed by atoms with E-state index in [0.29, 0.717) is 17.8 Å². The summed E-state index contributed by atoms with van der Waals surface area (Å²) in [5.74, 6) is 10.5. The van der Waals surface area contributed by atoms with Gasteiger partial charge in [0, 0.05) is 35.9 Å². The van der Waals surface area contributed by atoms with Crippen LogP contribution in [0.25, 0.3) is 0 Å². The lowest BCUT2D eigenvalue weighted by Crippen LogP contribution is -2.52. The lowest BCUT2D eigenvalue weighted by atomic mass is 9.78. The van der Waals surface area contributed by atoms with Crippen LogP contribution >= 0.6 is 0 Å². The third-order valence-corrected chi connectivity index (χ3v) is 7.06. The number of terminal acetylenes is 3. The zero-order valence-corrected chi connectivity index (χ0v) is 15.6. The van der Waals surface area contributed by atoms with Crippen LogP contribution in [0.15, 0.2) is 0 Å². The molecule has 1 heteroatoms. The highest BCUT2D eigenvalue weighted by Crippen LogP contribution is 2.38. The molecular formula is C24H33N. The average molecular weight is 336 g/mol. The van der Waals surface area contributed by atoms with Crippen molar-refractivity contribution in [1.82, 2.24) is 4.90 Å². The van der Waals surface area contributed by atoms with E-state index >= 15 is 0 Å². The summed E-state index contributed by atoms with van der Waals surface area (Å²) in [6, 6.07) is 2.18. The van der Waals surface area contributed by atoms with Crippen LogP contribution in [0.3, 0.4) is 0 Å². The summed E-state index contributed by atoms with van der Waals surface area (Å²) in [7, 11) is 0. The van der Waals surface area contributed by atoms with Crippen LogP contribution in [0.4, 0.5) is 0 Å². The molecule has 0 aromatic carbocycles. The SMILES string of the molecule is C#CC1CCC(N(C2CCC(C#C)CC2)C2CCC(C#C)CC2)CC1. The zero-order chi connectivity index (χ0) is 17.6. The van der Waals surface area contributed by atoms with E-state index < -0.39 is 0 Å². The number of hydrogen-bond acceptors (Lipinski definition) is 1. The smallest absolute Gasteiger partial charge is 0.0201 e. The Morgan fingerprint density at radius 2 is 0.680 bits per heavy atom. The van der Waals surface area contributed by atoms with E-state index in [0.717, 1.165) is 18.1 Å². The third kappa shape index (κ3) is 4.43. The van der Waals surface area contributed by atoms with Gasteiger partial charge in [-0.3, -0.25) is 4.90 Å². The van der Waals surface area contributed by atoms with E-state index in [-0.39, 0.29) is 0 Å². The first-order valence-electron chi connectivity index (χ1n) is 10.4. The molecule has 0 aromatic rings. The molecule has 0 heterocycles.